The molecule has 2 rings (SSSR count). The zero-order chi connectivity index (χ0) is 16.2. The quantitative estimate of drug-likeness (QED) is 0.761. The van der Waals surface area contributed by atoms with Crippen molar-refractivity contribution in [3.63, 3.8) is 0 Å². The number of nitrogens with one attached hydrogen (secondary N) is 2. The fraction of sp³-hybridized carbons (Fsp3) is 0.250. The summed E-state index contributed by atoms with van der Waals surface area (Å²) in [6, 6.07) is 7.08. The SMILES string of the molecule is CS(=O)(=O)Nc1nnc(CCNC(=O)c2cccc(Br)c2)s1. The Morgan fingerprint density at radius 3 is 2.82 bits per heavy atom. The minimum Gasteiger partial charge on any atom is -0.352 e. The molecule has 2 N–H and O–H groups in total. The summed E-state index contributed by atoms with van der Waals surface area (Å²) in [4.78, 5) is 11.9. The molecule has 0 fully saturated rings. The number of halogens is 1. The molecule has 10 heteroatoms. The van der Waals surface area contributed by atoms with Gasteiger partial charge in [0, 0.05) is 23.0 Å². The van der Waals surface area contributed by atoms with Crippen molar-refractivity contribution in [2.45, 2.75) is 6.42 Å². The standard InChI is InChI=1S/C12H13BrN4O3S2/c1-22(19,20)17-12-16-15-10(21-12)5-6-14-11(18)8-3-2-4-9(13)7-8/h2-4,7H,5-6H2,1H3,(H,14,18)(H,16,17). The van der Waals surface area contributed by atoms with Crippen LogP contribution in [-0.2, 0) is 16.4 Å². The molecule has 0 spiro atoms. The minimum absolute atomic E-state index is 0.180. The molecular weight excluding hydrogens is 392 g/mol. The summed E-state index contributed by atoms with van der Waals surface area (Å²) in [7, 11) is -3.35. The normalized spacial score (nSPS) is 11.2. The number of carbonyl (C=O) groups is 1. The van der Waals surface area contributed by atoms with Crippen LogP contribution in [0.25, 0.3) is 0 Å². The maximum atomic E-state index is 11.9. The van der Waals surface area contributed by atoms with Gasteiger partial charge in [-0.15, -0.1) is 10.2 Å². The fourth-order valence-corrected chi connectivity index (χ4v) is 3.54. The van der Waals surface area contributed by atoms with Gasteiger partial charge in [-0.2, -0.15) is 0 Å². The average Bonchev–Trinajstić information content (AvgIpc) is 2.84. The van der Waals surface area contributed by atoms with E-state index in [0.717, 1.165) is 22.1 Å². The topological polar surface area (TPSA) is 101 Å². The van der Waals surface area contributed by atoms with Crippen LogP contribution >= 0.6 is 27.3 Å². The van der Waals surface area contributed by atoms with Crippen molar-refractivity contribution < 1.29 is 13.2 Å². The van der Waals surface area contributed by atoms with E-state index >= 15 is 0 Å². The monoisotopic (exact) mass is 404 g/mol. The van der Waals surface area contributed by atoms with Crippen LogP contribution in [0.15, 0.2) is 28.7 Å². The van der Waals surface area contributed by atoms with Crippen LogP contribution in [0.5, 0.6) is 0 Å². The van der Waals surface area contributed by atoms with Gasteiger partial charge in [-0.25, -0.2) is 8.42 Å². The third kappa shape index (κ3) is 5.35. The third-order valence-corrected chi connectivity index (χ3v) is 4.54. The molecule has 0 radical (unpaired) electrons. The second-order valence-electron chi connectivity index (χ2n) is 4.39. The van der Waals surface area contributed by atoms with Gasteiger partial charge in [-0.05, 0) is 18.2 Å². The Labute approximate surface area is 140 Å². The van der Waals surface area contributed by atoms with Crippen molar-refractivity contribution >= 4 is 48.3 Å². The predicted octanol–water partition coefficient (Wildman–Crippen LogP) is 1.64. The van der Waals surface area contributed by atoms with Gasteiger partial charge in [-0.3, -0.25) is 9.52 Å². The van der Waals surface area contributed by atoms with Crippen molar-refractivity contribution in [3.05, 3.63) is 39.3 Å². The van der Waals surface area contributed by atoms with E-state index in [-0.39, 0.29) is 11.0 Å². The van der Waals surface area contributed by atoms with Crippen LogP contribution in [0.2, 0.25) is 0 Å². The number of sulfonamides is 1. The van der Waals surface area contributed by atoms with Gasteiger partial charge in [0.25, 0.3) is 5.91 Å². The van der Waals surface area contributed by atoms with Crippen LogP contribution in [0, 0.1) is 0 Å². The molecule has 0 saturated carbocycles. The zero-order valence-electron chi connectivity index (χ0n) is 11.5. The van der Waals surface area contributed by atoms with Crippen molar-refractivity contribution in [2.24, 2.45) is 0 Å². The smallest absolute Gasteiger partial charge is 0.251 e. The van der Waals surface area contributed by atoms with Crippen molar-refractivity contribution in [3.8, 4) is 0 Å². The lowest BCUT2D eigenvalue weighted by Gasteiger charge is -2.04. The maximum Gasteiger partial charge on any atom is 0.251 e. The summed E-state index contributed by atoms with van der Waals surface area (Å²) in [5, 5.41) is 11.2. The molecule has 1 aromatic carbocycles. The Morgan fingerprint density at radius 1 is 1.36 bits per heavy atom. The molecule has 0 aliphatic carbocycles. The third-order valence-electron chi connectivity index (χ3n) is 2.45. The Hall–Kier alpha value is -1.52. The number of benzene rings is 1. The molecule has 1 amide bonds. The van der Waals surface area contributed by atoms with E-state index < -0.39 is 10.0 Å². The lowest BCUT2D eigenvalue weighted by atomic mass is 10.2. The highest BCUT2D eigenvalue weighted by molar-refractivity contribution is 9.10. The predicted molar refractivity (Wildman–Crippen MR) is 88.6 cm³/mol. The number of aromatic nitrogens is 2. The molecule has 0 unspecified atom stereocenters. The highest BCUT2D eigenvalue weighted by atomic mass is 79.9. The molecule has 1 aromatic heterocycles. The van der Waals surface area contributed by atoms with Crippen LogP contribution in [0.4, 0.5) is 5.13 Å². The van der Waals surface area contributed by atoms with Crippen LogP contribution in [-0.4, -0.2) is 37.3 Å². The summed E-state index contributed by atoms with van der Waals surface area (Å²) in [6.07, 6.45) is 1.52. The summed E-state index contributed by atoms with van der Waals surface area (Å²) in [6.45, 7) is 0.388. The Bertz CT molecular complexity index is 776. The summed E-state index contributed by atoms with van der Waals surface area (Å²) in [5.41, 5.74) is 0.561. The van der Waals surface area contributed by atoms with Gasteiger partial charge in [-0.1, -0.05) is 33.3 Å². The number of amides is 1. The second-order valence-corrected chi connectivity index (χ2v) is 8.12. The van der Waals surface area contributed by atoms with Gasteiger partial charge in [0.1, 0.15) is 5.01 Å². The van der Waals surface area contributed by atoms with Crippen LogP contribution in [0.3, 0.4) is 0 Å². The molecule has 2 aromatic rings. The lowest BCUT2D eigenvalue weighted by Crippen LogP contribution is -2.25. The number of carbonyl (C=O) groups excluding carboxylic acids is 1. The molecule has 118 valence electrons. The highest BCUT2D eigenvalue weighted by Gasteiger charge is 2.09. The van der Waals surface area contributed by atoms with E-state index in [4.69, 9.17) is 0 Å². The molecule has 0 aliphatic rings. The van der Waals surface area contributed by atoms with Gasteiger partial charge in [0.05, 0.1) is 6.26 Å². The van der Waals surface area contributed by atoms with E-state index in [0.29, 0.717) is 23.5 Å². The van der Waals surface area contributed by atoms with Gasteiger partial charge in [0.2, 0.25) is 15.2 Å². The number of hydrogen-bond donors (Lipinski definition) is 2. The fourth-order valence-electron chi connectivity index (χ4n) is 1.57. The summed E-state index contributed by atoms with van der Waals surface area (Å²) in [5.74, 6) is -0.180. The molecule has 22 heavy (non-hydrogen) atoms. The first-order valence-electron chi connectivity index (χ1n) is 6.17. The zero-order valence-corrected chi connectivity index (χ0v) is 14.8. The lowest BCUT2D eigenvalue weighted by molar-refractivity contribution is 0.0954. The molecule has 0 atom stereocenters. The average molecular weight is 405 g/mol. The highest BCUT2D eigenvalue weighted by Crippen LogP contribution is 2.16. The maximum absolute atomic E-state index is 11.9. The first-order valence-corrected chi connectivity index (χ1v) is 9.67. The first-order chi connectivity index (χ1) is 10.3. The molecule has 7 nitrogen and oxygen atoms in total. The van der Waals surface area contributed by atoms with E-state index in [2.05, 4.69) is 36.2 Å². The summed E-state index contributed by atoms with van der Waals surface area (Å²) >= 11 is 4.45. The number of rotatable bonds is 6. The van der Waals surface area contributed by atoms with Crippen molar-refractivity contribution in [1.82, 2.24) is 15.5 Å². The molecule has 1 heterocycles. The Balaban J connectivity index is 1.85. The number of nitrogens with zero attached hydrogens (tertiary/aromatic N) is 2. The van der Waals surface area contributed by atoms with Crippen molar-refractivity contribution in [2.75, 3.05) is 17.5 Å². The van der Waals surface area contributed by atoms with Gasteiger partial charge in [0.15, 0.2) is 0 Å². The minimum atomic E-state index is -3.35. The van der Waals surface area contributed by atoms with Gasteiger partial charge >= 0.3 is 0 Å². The van der Waals surface area contributed by atoms with E-state index in [1.807, 2.05) is 6.07 Å². The van der Waals surface area contributed by atoms with Gasteiger partial charge < -0.3 is 5.32 Å². The summed E-state index contributed by atoms with van der Waals surface area (Å²) < 4.78 is 25.2. The first kappa shape index (κ1) is 16.8. The number of anilines is 1. The largest absolute Gasteiger partial charge is 0.352 e. The molecule has 0 bridgehead atoms. The van der Waals surface area contributed by atoms with Crippen LogP contribution in [0.1, 0.15) is 15.4 Å². The van der Waals surface area contributed by atoms with E-state index in [1.165, 1.54) is 0 Å². The van der Waals surface area contributed by atoms with E-state index in [9.17, 15) is 13.2 Å². The van der Waals surface area contributed by atoms with E-state index in [1.54, 1.807) is 18.2 Å². The second kappa shape index (κ2) is 7.16. The molecular formula is C12H13BrN4O3S2. The number of hydrogen-bond acceptors (Lipinski definition) is 6. The van der Waals surface area contributed by atoms with Crippen LogP contribution < -0.4 is 10.0 Å². The molecule has 0 saturated heterocycles. The van der Waals surface area contributed by atoms with Crippen molar-refractivity contribution in [1.29, 1.82) is 0 Å². The molecule has 0 aliphatic heterocycles. The Morgan fingerprint density at radius 2 is 2.14 bits per heavy atom. The Kier molecular flexibility index (Phi) is 5.48.